The van der Waals surface area contributed by atoms with E-state index in [4.69, 9.17) is 0 Å². The van der Waals surface area contributed by atoms with Crippen LogP contribution in [0.4, 0.5) is 0 Å². The molecule has 0 aliphatic carbocycles. The number of hydrogen-bond acceptors (Lipinski definition) is 8. The fraction of sp³-hybridized carbons (Fsp3) is 0. The molecule has 12 heteroatoms. The molecule has 0 fully saturated rings. The molecule has 0 bridgehead atoms. The zero-order valence-corrected chi connectivity index (χ0v) is 8.17. The molecular formula is H4FeNO8S2. The van der Waals surface area contributed by atoms with Crippen molar-refractivity contribution in [1.29, 1.82) is 0 Å². The van der Waals surface area contributed by atoms with E-state index in [9.17, 15) is 25.9 Å². The predicted octanol–water partition coefficient (Wildman–Crippen LogP) is -1.77. The Balaban J connectivity index is -0.000000405. The maximum absolute atomic E-state index is 9.37. The summed E-state index contributed by atoms with van der Waals surface area (Å²) in [5.41, 5.74) is 0. The van der Waals surface area contributed by atoms with Crippen LogP contribution in [-0.4, -0.2) is 25.9 Å². The third-order valence-electron chi connectivity index (χ3n) is 0.194. The molecular weight excluding hydrogens is 262 g/mol. The summed E-state index contributed by atoms with van der Waals surface area (Å²) in [7, 11) is -10.6. The second-order valence-electron chi connectivity index (χ2n) is 0.953. The van der Waals surface area contributed by atoms with Crippen molar-refractivity contribution in [2.75, 3.05) is 0 Å². The largest absolute Gasteiger partial charge is 1.00 e. The van der Waals surface area contributed by atoms with E-state index >= 15 is 0 Å². The number of rotatable bonds is 3. The van der Waals surface area contributed by atoms with Crippen LogP contribution in [0.1, 0.15) is 0 Å². The van der Waals surface area contributed by atoms with Gasteiger partial charge in [0, 0.05) is 0 Å². The molecule has 0 atom stereocenters. The predicted molar refractivity (Wildman–Crippen MR) is 27.5 cm³/mol. The van der Waals surface area contributed by atoms with Crippen LogP contribution in [0.3, 0.4) is 0 Å². The molecule has 1 radical (unpaired) electrons. The van der Waals surface area contributed by atoms with E-state index in [0.717, 1.165) is 0 Å². The van der Waals surface area contributed by atoms with Crippen LogP contribution >= 0.6 is 0 Å². The quantitative estimate of drug-likeness (QED) is 0.205. The van der Waals surface area contributed by atoms with Gasteiger partial charge in [-0.05, 0) is 0 Å². The van der Waals surface area contributed by atoms with Gasteiger partial charge in [-0.2, -0.15) is 0 Å². The van der Waals surface area contributed by atoms with E-state index in [0.29, 0.717) is 0 Å². The third-order valence-corrected chi connectivity index (χ3v) is 0.750. The van der Waals surface area contributed by atoms with Gasteiger partial charge in [0.15, 0.2) is 0 Å². The van der Waals surface area contributed by atoms with Crippen molar-refractivity contribution < 1.29 is 51.7 Å². The molecule has 0 rings (SSSR count). The zero-order valence-electron chi connectivity index (χ0n) is 5.44. The molecule has 0 heterocycles. The first-order valence-corrected chi connectivity index (χ1v) is 4.17. The van der Waals surface area contributed by atoms with Crippen molar-refractivity contribution in [3.05, 3.63) is 0 Å². The van der Waals surface area contributed by atoms with Gasteiger partial charge in [-0.1, -0.05) is 0 Å². The van der Waals surface area contributed by atoms with Crippen molar-refractivity contribution in [2.24, 2.45) is 0 Å². The maximum Gasteiger partial charge on any atom is 1.00 e. The minimum atomic E-state index is -5.31. The summed E-state index contributed by atoms with van der Waals surface area (Å²) in [5, 5.41) is 0. The standard InChI is InChI=1S/Fe.H3N.H2O8S2/c;;1-9(2,3)7-8-10(4,5)6/h;1H3;(H,1,2,3)(H,4,5,6)/q+1;;/p-1. The second kappa shape index (κ2) is 5.80. The summed E-state index contributed by atoms with van der Waals surface area (Å²) in [6, 6.07) is 0. The third kappa shape index (κ3) is 16.7. The molecule has 77 valence electrons. The van der Waals surface area contributed by atoms with E-state index in [-0.39, 0.29) is 23.2 Å². The van der Waals surface area contributed by atoms with Gasteiger partial charge in [-0.3, -0.25) is 0 Å². The Morgan fingerprint density at radius 1 is 0.833 bits per heavy atom. The Kier molecular flexibility index (Phi) is 8.74. The summed E-state index contributed by atoms with van der Waals surface area (Å²) < 4.78 is 61.5. The van der Waals surface area contributed by atoms with Crippen molar-refractivity contribution in [2.45, 2.75) is 0 Å². The van der Waals surface area contributed by atoms with Gasteiger partial charge in [-0.15, -0.1) is 8.67 Å². The molecule has 9 nitrogen and oxygen atoms in total. The molecule has 0 aromatic carbocycles. The Morgan fingerprint density at radius 3 is 1.08 bits per heavy atom. The van der Waals surface area contributed by atoms with Gasteiger partial charge in [0.05, 0.1) is 0 Å². The molecule has 0 aliphatic rings. The topological polar surface area (TPSA) is 169 Å². The first kappa shape index (κ1) is 18.1. The van der Waals surface area contributed by atoms with Gasteiger partial charge < -0.3 is 15.3 Å². The SMILES string of the molecule is O=S(=O)([O-])OOS(=O)(=O)[O-].[Fe+].[NH4+]. The van der Waals surface area contributed by atoms with Crippen LogP contribution < -0.4 is 6.15 Å². The molecule has 12 heavy (non-hydrogen) atoms. The zero-order chi connectivity index (χ0) is 8.41. The van der Waals surface area contributed by atoms with Crippen molar-refractivity contribution in [3.8, 4) is 0 Å². The van der Waals surface area contributed by atoms with Gasteiger partial charge in [-0.25, -0.2) is 16.8 Å². The summed E-state index contributed by atoms with van der Waals surface area (Å²) >= 11 is 0. The summed E-state index contributed by atoms with van der Waals surface area (Å²) in [6.07, 6.45) is 0. The normalized spacial score (nSPS) is 11.2. The maximum atomic E-state index is 9.37. The average molecular weight is 266 g/mol. The van der Waals surface area contributed by atoms with E-state index in [1.807, 2.05) is 0 Å². The first-order chi connectivity index (χ1) is 4.21. The monoisotopic (exact) mass is 266 g/mol. The van der Waals surface area contributed by atoms with Crippen molar-refractivity contribution >= 4 is 20.8 Å². The summed E-state index contributed by atoms with van der Waals surface area (Å²) in [4.78, 5) is 0. The van der Waals surface area contributed by atoms with Crippen molar-refractivity contribution in [1.82, 2.24) is 6.15 Å². The first-order valence-electron chi connectivity index (χ1n) is 1.50. The molecule has 0 spiro atoms. The Bertz CT molecular complexity index is 253. The fourth-order valence-electron chi connectivity index (χ4n) is 0.0680. The molecule has 0 amide bonds. The Hall–Kier alpha value is 0.219. The molecule has 0 aromatic rings. The minimum Gasteiger partial charge on any atom is -0.724 e. The molecule has 0 unspecified atom stereocenters. The van der Waals surface area contributed by atoms with E-state index in [1.54, 1.807) is 0 Å². The number of hydrogen-bond donors (Lipinski definition) is 1. The molecule has 0 aliphatic heterocycles. The summed E-state index contributed by atoms with van der Waals surface area (Å²) in [6.45, 7) is 0. The van der Waals surface area contributed by atoms with E-state index < -0.39 is 20.8 Å². The van der Waals surface area contributed by atoms with Crippen LogP contribution in [0.2, 0.25) is 0 Å². The van der Waals surface area contributed by atoms with Crippen LogP contribution in [0.25, 0.3) is 0 Å². The fourth-order valence-corrected chi connectivity index (χ4v) is 0.612. The van der Waals surface area contributed by atoms with Gasteiger partial charge in [0.2, 0.25) is 20.8 Å². The van der Waals surface area contributed by atoms with Crippen LogP contribution in [0.15, 0.2) is 0 Å². The van der Waals surface area contributed by atoms with E-state index in [2.05, 4.69) is 8.67 Å². The van der Waals surface area contributed by atoms with Crippen LogP contribution in [0, 0.1) is 0 Å². The summed E-state index contributed by atoms with van der Waals surface area (Å²) in [5.74, 6) is 0. The molecule has 0 saturated carbocycles. The average Bonchev–Trinajstić information content (AvgIpc) is 1.57. The van der Waals surface area contributed by atoms with Gasteiger partial charge in [0.1, 0.15) is 0 Å². The smallest absolute Gasteiger partial charge is 0.724 e. The van der Waals surface area contributed by atoms with Gasteiger partial charge in [0.25, 0.3) is 0 Å². The molecule has 0 aromatic heterocycles. The Morgan fingerprint density at radius 2 is 1.00 bits per heavy atom. The molecule has 4 N–H and O–H groups in total. The minimum absolute atomic E-state index is 0. The van der Waals surface area contributed by atoms with E-state index in [1.165, 1.54) is 0 Å². The van der Waals surface area contributed by atoms with Crippen LogP contribution in [0.5, 0.6) is 0 Å². The van der Waals surface area contributed by atoms with Gasteiger partial charge >= 0.3 is 17.1 Å². The van der Waals surface area contributed by atoms with Crippen molar-refractivity contribution in [3.63, 3.8) is 0 Å². The molecule has 0 saturated heterocycles. The number of quaternary nitrogens is 1. The van der Waals surface area contributed by atoms with Crippen LogP contribution in [-0.2, 0) is 46.5 Å². The Labute approximate surface area is 78.9 Å². The second-order valence-corrected chi connectivity index (χ2v) is 2.86.